The van der Waals surface area contributed by atoms with E-state index >= 15 is 0 Å². The van der Waals surface area contributed by atoms with Crippen LogP contribution in [0.25, 0.3) is 111 Å². The number of hydrogen-bond donors (Lipinski definition) is 0. The van der Waals surface area contributed by atoms with Crippen LogP contribution >= 0.6 is 0 Å². The Balaban J connectivity index is 1.00. The number of aromatic nitrogens is 3. The number of fused-ring (bicyclic) bond motifs is 3. The van der Waals surface area contributed by atoms with Crippen molar-refractivity contribution in [2.75, 3.05) is 0 Å². The van der Waals surface area contributed by atoms with Crippen LogP contribution in [0.1, 0.15) is 0 Å². The van der Waals surface area contributed by atoms with E-state index in [1.807, 2.05) is 6.07 Å². The molecule has 0 N–H and O–H groups in total. The highest BCUT2D eigenvalue weighted by Crippen LogP contribution is 2.36. The molecule has 11 aromatic rings. The summed E-state index contributed by atoms with van der Waals surface area (Å²) in [6.45, 7) is 0. The minimum atomic E-state index is 0.625. The molecule has 3 heteroatoms. The third-order valence-corrected chi connectivity index (χ3v) is 11.5. The Morgan fingerprint density at radius 3 is 1.33 bits per heavy atom. The molecule has 10 aromatic carbocycles. The Hall–Kier alpha value is -8.01. The van der Waals surface area contributed by atoms with Gasteiger partial charge < -0.3 is 0 Å². The summed E-state index contributed by atoms with van der Waals surface area (Å²) < 4.78 is 0. The van der Waals surface area contributed by atoms with Gasteiger partial charge in [0, 0.05) is 16.7 Å². The van der Waals surface area contributed by atoms with Gasteiger partial charge in [0.25, 0.3) is 0 Å². The molecule has 1 heterocycles. The summed E-state index contributed by atoms with van der Waals surface area (Å²) >= 11 is 0. The normalized spacial score (nSPS) is 11.3. The highest BCUT2D eigenvalue weighted by molar-refractivity contribution is 6.00. The van der Waals surface area contributed by atoms with Gasteiger partial charge in [0.15, 0.2) is 17.5 Å². The summed E-state index contributed by atoms with van der Waals surface area (Å²) in [6, 6.07) is 79.6. The van der Waals surface area contributed by atoms with Crippen molar-refractivity contribution in [3.63, 3.8) is 0 Å². The molecule has 0 aliphatic rings. The molecule has 0 fully saturated rings. The molecule has 0 unspecified atom stereocenters. The maximum Gasteiger partial charge on any atom is 0.164 e. The van der Waals surface area contributed by atoms with E-state index in [-0.39, 0.29) is 0 Å². The summed E-state index contributed by atoms with van der Waals surface area (Å²) in [7, 11) is 0. The molecule has 3 nitrogen and oxygen atoms in total. The molecular formula is C57H37N3. The zero-order chi connectivity index (χ0) is 39.8. The van der Waals surface area contributed by atoms with Gasteiger partial charge in [-0.05, 0) is 107 Å². The minimum absolute atomic E-state index is 0.625. The molecule has 0 spiro atoms. The fourth-order valence-corrected chi connectivity index (χ4v) is 8.40. The first kappa shape index (κ1) is 35.2. The van der Waals surface area contributed by atoms with E-state index in [4.69, 9.17) is 15.0 Å². The summed E-state index contributed by atoms with van der Waals surface area (Å²) in [5.74, 6) is 1.89. The van der Waals surface area contributed by atoms with Gasteiger partial charge in [-0.15, -0.1) is 0 Å². The van der Waals surface area contributed by atoms with E-state index in [1.54, 1.807) is 0 Å². The maximum absolute atomic E-state index is 5.22. The van der Waals surface area contributed by atoms with Gasteiger partial charge in [0.2, 0.25) is 0 Å². The topological polar surface area (TPSA) is 38.7 Å². The lowest BCUT2D eigenvalue weighted by Crippen LogP contribution is -2.01. The molecule has 280 valence electrons. The van der Waals surface area contributed by atoms with Gasteiger partial charge in [0.1, 0.15) is 0 Å². The highest BCUT2D eigenvalue weighted by Gasteiger charge is 2.17. The Morgan fingerprint density at radius 2 is 0.617 bits per heavy atom. The predicted octanol–water partition coefficient (Wildman–Crippen LogP) is 15.0. The van der Waals surface area contributed by atoms with Crippen LogP contribution < -0.4 is 0 Å². The molecule has 11 rings (SSSR count). The number of hydrogen-bond acceptors (Lipinski definition) is 3. The van der Waals surface area contributed by atoms with Crippen molar-refractivity contribution in [1.82, 2.24) is 15.0 Å². The molecule has 60 heavy (non-hydrogen) atoms. The lowest BCUT2D eigenvalue weighted by molar-refractivity contribution is 1.07. The zero-order valence-corrected chi connectivity index (χ0v) is 32.7. The van der Waals surface area contributed by atoms with E-state index in [2.05, 4.69) is 218 Å². The maximum atomic E-state index is 5.22. The third kappa shape index (κ3) is 6.68. The van der Waals surface area contributed by atoms with Crippen molar-refractivity contribution in [1.29, 1.82) is 0 Å². The fourth-order valence-electron chi connectivity index (χ4n) is 8.40. The van der Waals surface area contributed by atoms with E-state index in [1.165, 1.54) is 43.8 Å². The molecule has 0 radical (unpaired) electrons. The van der Waals surface area contributed by atoms with Crippen LogP contribution in [0.2, 0.25) is 0 Å². The molecular weight excluding hydrogens is 727 g/mol. The predicted molar refractivity (Wildman–Crippen MR) is 250 cm³/mol. The van der Waals surface area contributed by atoms with Crippen LogP contribution in [0.15, 0.2) is 224 Å². The lowest BCUT2D eigenvalue weighted by Gasteiger charge is -2.13. The van der Waals surface area contributed by atoms with Crippen molar-refractivity contribution >= 4 is 32.3 Å². The second kappa shape index (κ2) is 15.1. The van der Waals surface area contributed by atoms with Gasteiger partial charge in [-0.3, -0.25) is 0 Å². The zero-order valence-electron chi connectivity index (χ0n) is 32.7. The summed E-state index contributed by atoms with van der Waals surface area (Å²) in [5.41, 5.74) is 12.1. The first-order chi connectivity index (χ1) is 29.7. The van der Waals surface area contributed by atoms with Crippen molar-refractivity contribution in [2.45, 2.75) is 0 Å². The molecule has 0 saturated heterocycles. The fraction of sp³-hybridized carbons (Fsp3) is 0. The first-order valence-corrected chi connectivity index (χ1v) is 20.3. The quantitative estimate of drug-likeness (QED) is 0.162. The van der Waals surface area contributed by atoms with Crippen LogP contribution in [-0.4, -0.2) is 15.0 Å². The summed E-state index contributed by atoms with van der Waals surface area (Å²) in [4.78, 5) is 15.6. The molecule has 1 aromatic heterocycles. The van der Waals surface area contributed by atoms with Crippen LogP contribution in [0, 0.1) is 0 Å². The van der Waals surface area contributed by atoms with E-state index in [0.29, 0.717) is 17.5 Å². The second-order valence-corrected chi connectivity index (χ2v) is 15.2. The largest absolute Gasteiger partial charge is 0.208 e. The Morgan fingerprint density at radius 1 is 0.200 bits per heavy atom. The standard InChI is InChI=1S/C57H37N3/c1-3-13-38(14-4-1)42-25-26-47-37-50(32-30-45(47)33-42)56-58-55(59-57(60-56)54-23-10-9-22-52(54)39-15-5-2-6-16-39)49-20-11-19-41(36-49)43-27-28-46-35-48(31-29-44(46)34-43)53-24-12-18-40-17-7-8-21-51(40)53/h1-37H. The average Bonchev–Trinajstić information content (AvgIpc) is 3.33. The minimum Gasteiger partial charge on any atom is -0.208 e. The average molecular weight is 764 g/mol. The monoisotopic (exact) mass is 763 g/mol. The van der Waals surface area contributed by atoms with Gasteiger partial charge in [0.05, 0.1) is 0 Å². The number of rotatable bonds is 7. The van der Waals surface area contributed by atoms with E-state index < -0.39 is 0 Å². The van der Waals surface area contributed by atoms with E-state index in [9.17, 15) is 0 Å². The lowest BCUT2D eigenvalue weighted by atomic mass is 9.94. The van der Waals surface area contributed by atoms with Crippen molar-refractivity contribution in [3.05, 3.63) is 224 Å². The summed E-state index contributed by atoms with van der Waals surface area (Å²) in [5, 5.41) is 7.20. The second-order valence-electron chi connectivity index (χ2n) is 15.2. The van der Waals surface area contributed by atoms with Crippen molar-refractivity contribution < 1.29 is 0 Å². The number of nitrogens with zero attached hydrogens (tertiary/aromatic N) is 3. The van der Waals surface area contributed by atoms with Crippen LogP contribution in [0.4, 0.5) is 0 Å². The smallest absolute Gasteiger partial charge is 0.164 e. The highest BCUT2D eigenvalue weighted by atomic mass is 15.0. The molecule has 0 bridgehead atoms. The van der Waals surface area contributed by atoms with Gasteiger partial charge >= 0.3 is 0 Å². The molecule has 0 saturated carbocycles. The Labute approximate surface area is 349 Å². The Bertz CT molecular complexity index is 3370. The summed E-state index contributed by atoms with van der Waals surface area (Å²) in [6.07, 6.45) is 0. The molecule has 0 aliphatic carbocycles. The van der Waals surface area contributed by atoms with Crippen LogP contribution in [0.5, 0.6) is 0 Å². The van der Waals surface area contributed by atoms with Gasteiger partial charge in [-0.1, -0.05) is 194 Å². The SMILES string of the molecule is c1ccc(-c2ccc3cc(-c4nc(-c5cccc(-c6ccc7cc(-c8cccc9ccccc89)ccc7c6)c5)nc(-c5ccccc5-c5ccccc5)n4)ccc3c2)cc1. The first-order valence-electron chi connectivity index (χ1n) is 20.3. The third-order valence-electron chi connectivity index (χ3n) is 11.5. The van der Waals surface area contributed by atoms with Gasteiger partial charge in [-0.2, -0.15) is 0 Å². The van der Waals surface area contributed by atoms with Crippen molar-refractivity contribution in [3.8, 4) is 78.7 Å². The molecule has 0 atom stereocenters. The van der Waals surface area contributed by atoms with Crippen LogP contribution in [-0.2, 0) is 0 Å². The molecule has 0 amide bonds. The Kier molecular flexibility index (Phi) is 8.83. The number of benzene rings is 10. The van der Waals surface area contributed by atoms with E-state index in [0.717, 1.165) is 49.7 Å². The van der Waals surface area contributed by atoms with Crippen LogP contribution in [0.3, 0.4) is 0 Å². The van der Waals surface area contributed by atoms with Gasteiger partial charge in [-0.25, -0.2) is 15.0 Å². The molecule has 0 aliphatic heterocycles. The van der Waals surface area contributed by atoms with Crippen molar-refractivity contribution in [2.24, 2.45) is 0 Å².